The molecular weight excluding hydrogens is 202 g/mol. The van der Waals surface area contributed by atoms with E-state index in [0.29, 0.717) is 5.92 Å². The second-order valence-electron chi connectivity index (χ2n) is 4.70. The predicted octanol–water partition coefficient (Wildman–Crippen LogP) is 1.42. The van der Waals surface area contributed by atoms with Crippen LogP contribution in [0.2, 0.25) is 0 Å². The summed E-state index contributed by atoms with van der Waals surface area (Å²) in [5.41, 5.74) is 2.72. The lowest BCUT2D eigenvalue weighted by molar-refractivity contribution is 0.0945. The number of hydrogen-bond donors (Lipinski definition) is 2. The number of aliphatic hydroxyl groups is 1. The van der Waals surface area contributed by atoms with Crippen molar-refractivity contribution in [3.63, 3.8) is 0 Å². The molecular formula is C13H15NO2. The Balaban J connectivity index is 1.96. The van der Waals surface area contributed by atoms with Crippen LogP contribution in [-0.4, -0.2) is 17.6 Å². The monoisotopic (exact) mass is 217 g/mol. The molecule has 0 saturated heterocycles. The van der Waals surface area contributed by atoms with E-state index in [1.54, 1.807) is 0 Å². The van der Waals surface area contributed by atoms with Crippen molar-refractivity contribution >= 4 is 5.91 Å². The van der Waals surface area contributed by atoms with Crippen LogP contribution < -0.4 is 5.32 Å². The molecule has 1 atom stereocenters. The second-order valence-corrected chi connectivity index (χ2v) is 4.70. The van der Waals surface area contributed by atoms with Crippen molar-refractivity contribution in [2.45, 2.75) is 25.4 Å². The molecule has 84 valence electrons. The summed E-state index contributed by atoms with van der Waals surface area (Å²) in [5.74, 6) is 0.399. The molecule has 2 N–H and O–H groups in total. The summed E-state index contributed by atoms with van der Waals surface area (Å²) in [4.78, 5) is 11.7. The zero-order valence-electron chi connectivity index (χ0n) is 9.07. The first-order chi connectivity index (χ1) is 7.75. The summed E-state index contributed by atoms with van der Waals surface area (Å²) < 4.78 is 0. The fourth-order valence-corrected chi connectivity index (χ4v) is 2.30. The lowest BCUT2D eigenvalue weighted by atomic mass is 9.95. The van der Waals surface area contributed by atoms with Gasteiger partial charge in [-0.25, -0.2) is 0 Å². The number of fused-ring (bicyclic) bond motifs is 1. The molecule has 1 heterocycles. The Morgan fingerprint density at radius 1 is 1.38 bits per heavy atom. The summed E-state index contributed by atoms with van der Waals surface area (Å²) in [6.07, 6.45) is 2.70. The fraction of sp³-hybridized carbons (Fsp3) is 0.462. The SMILES string of the molecule is O=C1NCCc2ccc(C(O)C3CC3)cc21. The fourth-order valence-electron chi connectivity index (χ4n) is 2.30. The molecule has 1 fully saturated rings. The maximum absolute atomic E-state index is 11.7. The zero-order chi connectivity index (χ0) is 11.1. The van der Waals surface area contributed by atoms with Gasteiger partial charge < -0.3 is 10.4 Å². The zero-order valence-corrected chi connectivity index (χ0v) is 9.07. The van der Waals surface area contributed by atoms with Crippen molar-refractivity contribution in [1.29, 1.82) is 0 Å². The molecule has 1 aliphatic carbocycles. The smallest absolute Gasteiger partial charge is 0.251 e. The van der Waals surface area contributed by atoms with Crippen molar-refractivity contribution in [2.75, 3.05) is 6.54 Å². The molecule has 2 aliphatic rings. The van der Waals surface area contributed by atoms with Crippen LogP contribution in [-0.2, 0) is 6.42 Å². The molecule has 16 heavy (non-hydrogen) atoms. The first kappa shape index (κ1) is 9.85. The average Bonchev–Trinajstić information content (AvgIpc) is 3.12. The predicted molar refractivity (Wildman–Crippen MR) is 60.2 cm³/mol. The molecule has 0 radical (unpaired) electrons. The van der Waals surface area contributed by atoms with E-state index in [0.717, 1.165) is 42.5 Å². The van der Waals surface area contributed by atoms with E-state index >= 15 is 0 Å². The van der Waals surface area contributed by atoms with Crippen LogP contribution in [0.3, 0.4) is 0 Å². The van der Waals surface area contributed by atoms with Gasteiger partial charge in [0.2, 0.25) is 0 Å². The number of nitrogens with one attached hydrogen (secondary N) is 1. The number of aliphatic hydroxyl groups excluding tert-OH is 1. The Kier molecular flexibility index (Phi) is 2.21. The number of benzene rings is 1. The Labute approximate surface area is 94.5 Å². The quantitative estimate of drug-likeness (QED) is 0.787. The van der Waals surface area contributed by atoms with Gasteiger partial charge >= 0.3 is 0 Å². The number of rotatable bonds is 2. The summed E-state index contributed by atoms with van der Waals surface area (Å²) >= 11 is 0. The Hall–Kier alpha value is -1.35. The third-order valence-corrected chi connectivity index (χ3v) is 3.47. The van der Waals surface area contributed by atoms with E-state index in [2.05, 4.69) is 5.32 Å². The number of hydrogen-bond acceptors (Lipinski definition) is 2. The van der Waals surface area contributed by atoms with Gasteiger partial charge in [0.05, 0.1) is 6.10 Å². The van der Waals surface area contributed by atoms with Crippen molar-refractivity contribution in [3.8, 4) is 0 Å². The Morgan fingerprint density at radius 2 is 2.19 bits per heavy atom. The van der Waals surface area contributed by atoms with Crippen LogP contribution in [0.25, 0.3) is 0 Å². The van der Waals surface area contributed by atoms with E-state index in [9.17, 15) is 9.90 Å². The Bertz CT molecular complexity index is 438. The number of amides is 1. The van der Waals surface area contributed by atoms with Gasteiger partial charge in [0.25, 0.3) is 5.91 Å². The molecule has 1 aromatic carbocycles. The third kappa shape index (κ3) is 1.61. The molecule has 1 amide bonds. The molecule has 1 aromatic rings. The van der Waals surface area contributed by atoms with Gasteiger partial charge in [0, 0.05) is 12.1 Å². The van der Waals surface area contributed by atoms with Crippen LogP contribution >= 0.6 is 0 Å². The minimum atomic E-state index is -0.389. The summed E-state index contributed by atoms with van der Waals surface area (Å²) in [5, 5.41) is 12.8. The van der Waals surface area contributed by atoms with Crippen LogP contribution in [0, 0.1) is 5.92 Å². The normalized spacial score (nSPS) is 21.2. The topological polar surface area (TPSA) is 49.3 Å². The van der Waals surface area contributed by atoms with E-state index in [1.807, 2.05) is 18.2 Å². The summed E-state index contributed by atoms with van der Waals surface area (Å²) in [6, 6.07) is 5.79. The average molecular weight is 217 g/mol. The lowest BCUT2D eigenvalue weighted by Crippen LogP contribution is -2.31. The molecule has 0 aromatic heterocycles. The molecule has 0 bridgehead atoms. The first-order valence-electron chi connectivity index (χ1n) is 5.85. The van der Waals surface area contributed by atoms with E-state index in [4.69, 9.17) is 0 Å². The highest BCUT2D eigenvalue weighted by molar-refractivity contribution is 5.96. The van der Waals surface area contributed by atoms with Crippen molar-refractivity contribution < 1.29 is 9.90 Å². The maximum atomic E-state index is 11.7. The minimum absolute atomic E-state index is 0.00824. The van der Waals surface area contributed by atoms with Crippen LogP contribution in [0.15, 0.2) is 18.2 Å². The van der Waals surface area contributed by atoms with Crippen LogP contribution in [0.5, 0.6) is 0 Å². The molecule has 1 unspecified atom stereocenters. The van der Waals surface area contributed by atoms with Crippen molar-refractivity contribution in [2.24, 2.45) is 5.92 Å². The van der Waals surface area contributed by atoms with E-state index in [1.165, 1.54) is 0 Å². The van der Waals surface area contributed by atoms with E-state index < -0.39 is 0 Å². The maximum Gasteiger partial charge on any atom is 0.251 e. The second kappa shape index (κ2) is 3.59. The number of carbonyl (C=O) groups excluding carboxylic acids is 1. The van der Waals surface area contributed by atoms with Crippen LogP contribution in [0.1, 0.15) is 40.4 Å². The molecule has 1 aliphatic heterocycles. The highest BCUT2D eigenvalue weighted by Gasteiger charge is 2.31. The van der Waals surface area contributed by atoms with Crippen molar-refractivity contribution in [1.82, 2.24) is 5.32 Å². The van der Waals surface area contributed by atoms with Gasteiger partial charge in [-0.15, -0.1) is 0 Å². The molecule has 0 spiro atoms. The minimum Gasteiger partial charge on any atom is -0.388 e. The van der Waals surface area contributed by atoms with Crippen LogP contribution in [0.4, 0.5) is 0 Å². The summed E-state index contributed by atoms with van der Waals surface area (Å²) in [7, 11) is 0. The van der Waals surface area contributed by atoms with Gasteiger partial charge in [-0.05, 0) is 42.4 Å². The molecule has 1 saturated carbocycles. The number of carbonyl (C=O) groups is 1. The van der Waals surface area contributed by atoms with Gasteiger partial charge in [-0.2, -0.15) is 0 Å². The van der Waals surface area contributed by atoms with Crippen molar-refractivity contribution in [3.05, 3.63) is 34.9 Å². The summed E-state index contributed by atoms with van der Waals surface area (Å²) in [6.45, 7) is 0.719. The molecule has 3 nitrogen and oxygen atoms in total. The standard InChI is InChI=1S/C13H15NO2/c15-12(9-2-3-9)10-4-1-8-5-6-14-13(16)11(8)7-10/h1,4,7,9,12,15H,2-3,5-6H2,(H,14,16). The van der Waals surface area contributed by atoms with Gasteiger partial charge in [0.15, 0.2) is 0 Å². The van der Waals surface area contributed by atoms with E-state index in [-0.39, 0.29) is 12.0 Å². The largest absolute Gasteiger partial charge is 0.388 e. The first-order valence-corrected chi connectivity index (χ1v) is 5.85. The van der Waals surface area contributed by atoms with Gasteiger partial charge in [-0.3, -0.25) is 4.79 Å². The van der Waals surface area contributed by atoms with Gasteiger partial charge in [0.1, 0.15) is 0 Å². The third-order valence-electron chi connectivity index (χ3n) is 3.47. The molecule has 3 heteroatoms. The Morgan fingerprint density at radius 3 is 2.94 bits per heavy atom. The lowest BCUT2D eigenvalue weighted by Gasteiger charge is -2.18. The highest BCUT2D eigenvalue weighted by Crippen LogP contribution is 2.41. The highest BCUT2D eigenvalue weighted by atomic mass is 16.3. The molecule has 3 rings (SSSR count). The van der Waals surface area contributed by atoms with Gasteiger partial charge in [-0.1, -0.05) is 12.1 Å².